The van der Waals surface area contributed by atoms with Crippen LogP contribution in [0.4, 0.5) is 4.39 Å². The first-order valence-electron chi connectivity index (χ1n) is 11.9. The van der Waals surface area contributed by atoms with Crippen LogP contribution >= 0.6 is 38.5 Å². The minimum atomic E-state index is -0.310. The molecule has 0 radical (unpaired) electrons. The lowest BCUT2D eigenvalue weighted by molar-refractivity contribution is 0.267. The molecule has 1 heterocycles. The van der Waals surface area contributed by atoms with Crippen LogP contribution in [0.2, 0.25) is 0 Å². The van der Waals surface area contributed by atoms with E-state index < -0.39 is 0 Å². The van der Waals surface area contributed by atoms with E-state index in [9.17, 15) is 9.18 Å². The molecule has 4 aromatic rings. The zero-order chi connectivity index (χ0) is 26.5. The molecule has 0 aliphatic rings. The van der Waals surface area contributed by atoms with Gasteiger partial charge in [-0.1, -0.05) is 41.9 Å². The first-order valence-corrected chi connectivity index (χ1v) is 13.8. The van der Waals surface area contributed by atoms with Crippen molar-refractivity contribution in [2.75, 3.05) is 6.61 Å². The second kappa shape index (κ2) is 12.2. The van der Waals surface area contributed by atoms with Gasteiger partial charge >= 0.3 is 0 Å². The number of hydrogen-bond donors (Lipinski definition) is 0. The minimum absolute atomic E-state index is 0.0376. The Morgan fingerprint density at radius 2 is 1.97 bits per heavy atom. The number of halogens is 3. The van der Waals surface area contributed by atoms with Crippen molar-refractivity contribution in [1.29, 1.82) is 0 Å². The summed E-state index contributed by atoms with van der Waals surface area (Å²) in [4.78, 5) is 18.1. The topological polar surface area (TPSA) is 65.7 Å². The van der Waals surface area contributed by atoms with E-state index in [1.807, 2.05) is 38.1 Å². The second-order valence-electron chi connectivity index (χ2n) is 8.48. The maximum absolute atomic E-state index is 13.6. The predicted octanol–water partition coefficient (Wildman–Crippen LogP) is 7.28. The number of hydrogen-bond acceptors (Lipinski definition) is 5. The van der Waals surface area contributed by atoms with Crippen molar-refractivity contribution in [2.45, 2.75) is 39.7 Å². The summed E-state index contributed by atoms with van der Waals surface area (Å²) in [5.41, 5.74) is 1.87. The van der Waals surface area contributed by atoms with Gasteiger partial charge in [-0.2, -0.15) is 9.78 Å². The number of aromatic nitrogens is 2. The van der Waals surface area contributed by atoms with Crippen LogP contribution in [0.25, 0.3) is 10.9 Å². The van der Waals surface area contributed by atoms with Gasteiger partial charge in [0, 0.05) is 10.4 Å². The third-order valence-electron chi connectivity index (χ3n) is 5.81. The van der Waals surface area contributed by atoms with E-state index in [0.717, 1.165) is 25.6 Å². The molecule has 4 rings (SSSR count). The fourth-order valence-corrected chi connectivity index (χ4v) is 4.89. The molecule has 1 atom stereocenters. The quantitative estimate of drug-likeness (QED) is 0.138. The van der Waals surface area contributed by atoms with Gasteiger partial charge in [0.2, 0.25) is 0 Å². The van der Waals surface area contributed by atoms with Gasteiger partial charge in [0.1, 0.15) is 18.2 Å². The Morgan fingerprint density at radius 3 is 2.70 bits per heavy atom. The number of rotatable bonds is 9. The van der Waals surface area contributed by atoms with Crippen LogP contribution in [0.15, 0.2) is 69.0 Å². The Labute approximate surface area is 236 Å². The molecule has 192 valence electrons. The third-order valence-corrected chi connectivity index (χ3v) is 7.11. The molecule has 0 fully saturated rings. The van der Waals surface area contributed by atoms with Crippen LogP contribution in [0.3, 0.4) is 0 Å². The molecule has 0 amide bonds. The number of nitrogens with zero attached hydrogens (tertiary/aromatic N) is 3. The number of benzene rings is 3. The van der Waals surface area contributed by atoms with Gasteiger partial charge < -0.3 is 9.47 Å². The molecule has 0 unspecified atom stereocenters. The van der Waals surface area contributed by atoms with E-state index in [1.54, 1.807) is 24.4 Å². The lowest BCUT2D eigenvalue weighted by Crippen LogP contribution is -2.23. The van der Waals surface area contributed by atoms with E-state index in [0.29, 0.717) is 34.8 Å². The smallest absolute Gasteiger partial charge is 0.282 e. The SMILES string of the molecule is CCOc1cc(C=Nn2c([C@H](C)CC)nc3ccc(Br)cc3c2=O)cc(I)c1OCc1cccc(F)c1. The molecule has 0 spiro atoms. The molecular weight excluding hydrogens is 652 g/mol. The van der Waals surface area contributed by atoms with Crippen molar-refractivity contribution >= 4 is 55.6 Å². The second-order valence-corrected chi connectivity index (χ2v) is 10.6. The molecule has 0 aliphatic heterocycles. The maximum atomic E-state index is 13.6. The summed E-state index contributed by atoms with van der Waals surface area (Å²) in [5.74, 6) is 1.44. The van der Waals surface area contributed by atoms with Gasteiger partial charge in [-0.3, -0.25) is 4.79 Å². The summed E-state index contributed by atoms with van der Waals surface area (Å²) < 4.78 is 28.4. The van der Waals surface area contributed by atoms with Crippen molar-refractivity contribution in [2.24, 2.45) is 5.10 Å². The van der Waals surface area contributed by atoms with Crippen LogP contribution < -0.4 is 15.0 Å². The summed E-state index contributed by atoms with van der Waals surface area (Å²) in [6.45, 7) is 6.61. The maximum Gasteiger partial charge on any atom is 0.282 e. The standard InChI is InChI=1S/C28H26BrFIN3O3/c1-4-17(3)27-33-24-10-9-20(29)14-22(24)28(35)34(27)32-15-19-12-23(31)26(25(13-19)36-5-2)37-16-18-7-6-8-21(30)11-18/h6-15,17H,4-5,16H2,1-3H3/t17-/m1/s1. The third kappa shape index (κ3) is 6.38. The molecule has 3 aromatic carbocycles. The normalized spacial score (nSPS) is 12.3. The van der Waals surface area contributed by atoms with Crippen LogP contribution in [-0.4, -0.2) is 22.5 Å². The van der Waals surface area contributed by atoms with Crippen molar-refractivity contribution in [3.63, 3.8) is 0 Å². The molecule has 6 nitrogen and oxygen atoms in total. The van der Waals surface area contributed by atoms with E-state index in [1.165, 1.54) is 16.8 Å². The lowest BCUT2D eigenvalue weighted by Gasteiger charge is -2.15. The highest BCUT2D eigenvalue weighted by molar-refractivity contribution is 14.1. The molecule has 9 heteroatoms. The molecule has 0 aliphatic carbocycles. The van der Waals surface area contributed by atoms with Gasteiger partial charge in [0.05, 0.1) is 27.3 Å². The van der Waals surface area contributed by atoms with Gasteiger partial charge in [-0.25, -0.2) is 9.37 Å². The molecule has 0 saturated carbocycles. The van der Waals surface area contributed by atoms with Crippen LogP contribution in [0, 0.1) is 9.39 Å². The first-order chi connectivity index (χ1) is 17.8. The van der Waals surface area contributed by atoms with Gasteiger partial charge in [0.15, 0.2) is 11.5 Å². The Morgan fingerprint density at radius 1 is 1.16 bits per heavy atom. The van der Waals surface area contributed by atoms with Crippen LogP contribution in [0.1, 0.15) is 50.1 Å². The molecule has 0 N–H and O–H groups in total. The van der Waals surface area contributed by atoms with Crippen LogP contribution in [0.5, 0.6) is 11.5 Å². The van der Waals surface area contributed by atoms with E-state index >= 15 is 0 Å². The Bertz CT molecular complexity index is 1520. The van der Waals surface area contributed by atoms with E-state index in [-0.39, 0.29) is 23.9 Å². The fourth-order valence-electron chi connectivity index (χ4n) is 3.75. The number of fused-ring (bicyclic) bond motifs is 1. The zero-order valence-electron chi connectivity index (χ0n) is 20.7. The number of ether oxygens (including phenoxy) is 2. The molecule has 0 bridgehead atoms. The highest BCUT2D eigenvalue weighted by Gasteiger charge is 2.16. The van der Waals surface area contributed by atoms with Gasteiger partial charge in [-0.05, 0) is 89.5 Å². The highest BCUT2D eigenvalue weighted by Crippen LogP contribution is 2.34. The summed E-state index contributed by atoms with van der Waals surface area (Å²) >= 11 is 5.61. The molecule has 1 aromatic heterocycles. The summed E-state index contributed by atoms with van der Waals surface area (Å²) in [6, 6.07) is 15.5. The van der Waals surface area contributed by atoms with Crippen molar-refractivity contribution < 1.29 is 13.9 Å². The molecular formula is C28H26BrFIN3O3. The highest BCUT2D eigenvalue weighted by atomic mass is 127. The van der Waals surface area contributed by atoms with Crippen molar-refractivity contribution in [3.8, 4) is 11.5 Å². The van der Waals surface area contributed by atoms with Crippen molar-refractivity contribution in [3.05, 3.63) is 95.8 Å². The van der Waals surface area contributed by atoms with Crippen molar-refractivity contribution in [1.82, 2.24) is 9.66 Å². The predicted molar refractivity (Wildman–Crippen MR) is 156 cm³/mol. The Kier molecular flexibility index (Phi) is 8.96. The lowest BCUT2D eigenvalue weighted by atomic mass is 10.1. The summed E-state index contributed by atoms with van der Waals surface area (Å²) in [7, 11) is 0. The molecule has 37 heavy (non-hydrogen) atoms. The summed E-state index contributed by atoms with van der Waals surface area (Å²) in [6.07, 6.45) is 2.44. The Hall–Kier alpha value is -2.79. The van der Waals surface area contributed by atoms with E-state index in [2.05, 4.69) is 50.5 Å². The monoisotopic (exact) mass is 677 g/mol. The Balaban J connectivity index is 1.71. The largest absolute Gasteiger partial charge is 0.490 e. The molecule has 0 saturated heterocycles. The average Bonchev–Trinajstić information content (AvgIpc) is 2.87. The average molecular weight is 678 g/mol. The van der Waals surface area contributed by atoms with Crippen LogP contribution in [-0.2, 0) is 6.61 Å². The summed E-state index contributed by atoms with van der Waals surface area (Å²) in [5, 5.41) is 5.05. The minimum Gasteiger partial charge on any atom is -0.490 e. The first kappa shape index (κ1) is 27.3. The van der Waals surface area contributed by atoms with Gasteiger partial charge in [-0.15, -0.1) is 0 Å². The fraction of sp³-hybridized carbons (Fsp3) is 0.250. The van der Waals surface area contributed by atoms with E-state index in [4.69, 9.17) is 14.5 Å². The van der Waals surface area contributed by atoms with Gasteiger partial charge in [0.25, 0.3) is 5.56 Å². The zero-order valence-corrected chi connectivity index (χ0v) is 24.4.